The van der Waals surface area contributed by atoms with Gasteiger partial charge in [0, 0.05) is 24.4 Å². The van der Waals surface area contributed by atoms with E-state index in [1.807, 2.05) is 35.0 Å². The maximum absolute atomic E-state index is 5.84. The molecule has 0 bridgehead atoms. The predicted molar refractivity (Wildman–Crippen MR) is 90.3 cm³/mol. The SMILES string of the molecule is CCc1nc2n(n1)C[C@H](NCc1ncc(-c3ccccc3)o1)CC2. The van der Waals surface area contributed by atoms with Gasteiger partial charge in [0.1, 0.15) is 5.82 Å². The molecule has 0 aliphatic carbocycles. The third-order valence-corrected chi connectivity index (χ3v) is 4.37. The van der Waals surface area contributed by atoms with Gasteiger partial charge in [0.15, 0.2) is 11.6 Å². The van der Waals surface area contributed by atoms with Gasteiger partial charge in [0.2, 0.25) is 5.89 Å². The third-order valence-electron chi connectivity index (χ3n) is 4.37. The number of hydrogen-bond donors (Lipinski definition) is 1. The zero-order valence-electron chi connectivity index (χ0n) is 13.8. The molecule has 0 saturated heterocycles. The Labute approximate surface area is 140 Å². The van der Waals surface area contributed by atoms with E-state index >= 15 is 0 Å². The van der Waals surface area contributed by atoms with E-state index in [4.69, 9.17) is 4.42 Å². The molecule has 24 heavy (non-hydrogen) atoms. The number of aromatic nitrogens is 4. The van der Waals surface area contributed by atoms with Gasteiger partial charge in [-0.1, -0.05) is 37.3 Å². The summed E-state index contributed by atoms with van der Waals surface area (Å²) in [7, 11) is 0. The molecule has 3 aromatic rings. The van der Waals surface area contributed by atoms with Gasteiger partial charge in [0.25, 0.3) is 0 Å². The zero-order chi connectivity index (χ0) is 16.4. The standard InChI is InChI=1S/C18H21N5O/c1-2-16-21-17-9-8-14(12-23(17)22-16)19-11-18-20-10-15(24-18)13-6-4-3-5-7-13/h3-7,10,14,19H,2,8-9,11-12H2,1H3/t14-/m1/s1. The van der Waals surface area contributed by atoms with Crippen molar-refractivity contribution in [3.8, 4) is 11.3 Å². The Morgan fingerprint density at radius 3 is 3.00 bits per heavy atom. The van der Waals surface area contributed by atoms with Crippen LogP contribution in [-0.4, -0.2) is 25.8 Å². The molecule has 4 rings (SSSR count). The number of oxazole rings is 1. The van der Waals surface area contributed by atoms with Crippen molar-refractivity contribution in [1.29, 1.82) is 0 Å². The van der Waals surface area contributed by atoms with E-state index in [0.717, 1.165) is 48.8 Å². The summed E-state index contributed by atoms with van der Waals surface area (Å²) < 4.78 is 7.88. The quantitative estimate of drug-likeness (QED) is 0.781. The minimum atomic E-state index is 0.371. The molecule has 2 aromatic heterocycles. The number of nitrogens with zero attached hydrogens (tertiary/aromatic N) is 4. The maximum Gasteiger partial charge on any atom is 0.208 e. The summed E-state index contributed by atoms with van der Waals surface area (Å²) >= 11 is 0. The number of fused-ring (bicyclic) bond motifs is 1. The molecule has 3 heterocycles. The first-order valence-electron chi connectivity index (χ1n) is 8.48. The van der Waals surface area contributed by atoms with Gasteiger partial charge in [-0.25, -0.2) is 14.6 Å². The number of nitrogens with one attached hydrogen (secondary N) is 1. The second-order valence-electron chi connectivity index (χ2n) is 6.08. The van der Waals surface area contributed by atoms with E-state index < -0.39 is 0 Å². The van der Waals surface area contributed by atoms with Gasteiger partial charge in [-0.2, -0.15) is 5.10 Å². The molecule has 0 unspecified atom stereocenters. The summed E-state index contributed by atoms with van der Waals surface area (Å²) in [5.74, 6) is 3.56. The zero-order valence-corrected chi connectivity index (χ0v) is 13.8. The fourth-order valence-electron chi connectivity index (χ4n) is 3.04. The molecule has 0 spiro atoms. The van der Waals surface area contributed by atoms with E-state index in [1.54, 1.807) is 6.20 Å². The van der Waals surface area contributed by atoms with Crippen molar-refractivity contribution in [3.63, 3.8) is 0 Å². The summed E-state index contributed by atoms with van der Waals surface area (Å²) in [4.78, 5) is 8.93. The molecule has 0 radical (unpaired) electrons. The van der Waals surface area contributed by atoms with Crippen LogP contribution in [0.4, 0.5) is 0 Å². The van der Waals surface area contributed by atoms with Crippen LogP contribution < -0.4 is 5.32 Å². The lowest BCUT2D eigenvalue weighted by atomic mass is 10.1. The van der Waals surface area contributed by atoms with Gasteiger partial charge >= 0.3 is 0 Å². The number of hydrogen-bond acceptors (Lipinski definition) is 5. The van der Waals surface area contributed by atoms with Crippen LogP contribution >= 0.6 is 0 Å². The second kappa shape index (κ2) is 6.57. The van der Waals surface area contributed by atoms with Crippen molar-refractivity contribution in [2.24, 2.45) is 0 Å². The Hall–Kier alpha value is -2.47. The average molecular weight is 323 g/mol. The summed E-state index contributed by atoms with van der Waals surface area (Å²) in [5, 5.41) is 8.07. The van der Waals surface area contributed by atoms with Gasteiger partial charge in [0.05, 0.1) is 19.3 Å². The lowest BCUT2D eigenvalue weighted by molar-refractivity contribution is 0.342. The first-order chi connectivity index (χ1) is 11.8. The molecule has 6 nitrogen and oxygen atoms in total. The van der Waals surface area contributed by atoms with E-state index in [0.29, 0.717) is 18.5 Å². The highest BCUT2D eigenvalue weighted by Crippen LogP contribution is 2.20. The Morgan fingerprint density at radius 1 is 1.29 bits per heavy atom. The van der Waals surface area contributed by atoms with Crippen molar-refractivity contribution in [2.45, 2.75) is 45.3 Å². The molecule has 124 valence electrons. The van der Waals surface area contributed by atoms with Gasteiger partial charge in [-0.05, 0) is 6.42 Å². The molecule has 1 N–H and O–H groups in total. The normalized spacial score (nSPS) is 17.0. The minimum absolute atomic E-state index is 0.371. The molecule has 1 aromatic carbocycles. The molecular weight excluding hydrogens is 302 g/mol. The van der Waals surface area contributed by atoms with E-state index in [-0.39, 0.29) is 0 Å². The highest BCUT2D eigenvalue weighted by molar-refractivity contribution is 5.55. The number of benzene rings is 1. The predicted octanol–water partition coefficient (Wildman–Crippen LogP) is 2.60. The lowest BCUT2D eigenvalue weighted by Gasteiger charge is -2.22. The molecule has 0 saturated carbocycles. The fourth-order valence-corrected chi connectivity index (χ4v) is 3.04. The van der Waals surface area contributed by atoms with Crippen LogP contribution in [0.1, 0.15) is 30.9 Å². The molecule has 0 amide bonds. The summed E-state index contributed by atoms with van der Waals surface area (Å²) in [6, 6.07) is 10.4. The van der Waals surface area contributed by atoms with Crippen LogP contribution in [-0.2, 0) is 25.9 Å². The van der Waals surface area contributed by atoms with Crippen LogP contribution in [0.3, 0.4) is 0 Å². The van der Waals surface area contributed by atoms with Crippen LogP contribution in [0, 0.1) is 0 Å². The first kappa shape index (κ1) is 15.1. The highest BCUT2D eigenvalue weighted by atomic mass is 16.4. The van der Waals surface area contributed by atoms with Gasteiger partial charge in [-0.3, -0.25) is 0 Å². The Morgan fingerprint density at radius 2 is 2.17 bits per heavy atom. The smallest absolute Gasteiger partial charge is 0.208 e. The Kier molecular flexibility index (Phi) is 4.13. The van der Waals surface area contributed by atoms with Crippen LogP contribution in [0.2, 0.25) is 0 Å². The second-order valence-corrected chi connectivity index (χ2v) is 6.08. The maximum atomic E-state index is 5.84. The van der Waals surface area contributed by atoms with Crippen molar-refractivity contribution in [3.05, 3.63) is 54.1 Å². The minimum Gasteiger partial charge on any atom is -0.439 e. The third kappa shape index (κ3) is 3.10. The van der Waals surface area contributed by atoms with Crippen LogP contribution in [0.5, 0.6) is 0 Å². The molecule has 0 fully saturated rings. The number of aryl methyl sites for hydroxylation is 2. The van der Waals surface area contributed by atoms with Crippen LogP contribution in [0.15, 0.2) is 40.9 Å². The van der Waals surface area contributed by atoms with Crippen molar-refractivity contribution < 1.29 is 4.42 Å². The molecule has 1 atom stereocenters. The Balaban J connectivity index is 1.37. The number of rotatable bonds is 5. The summed E-state index contributed by atoms with van der Waals surface area (Å²) in [5.41, 5.74) is 1.05. The topological polar surface area (TPSA) is 68.8 Å². The van der Waals surface area contributed by atoms with Gasteiger partial charge < -0.3 is 9.73 Å². The van der Waals surface area contributed by atoms with E-state index in [9.17, 15) is 0 Å². The van der Waals surface area contributed by atoms with Crippen molar-refractivity contribution in [1.82, 2.24) is 25.1 Å². The summed E-state index contributed by atoms with van der Waals surface area (Å²) in [6.07, 6.45) is 4.70. The fraction of sp³-hybridized carbons (Fsp3) is 0.389. The van der Waals surface area contributed by atoms with E-state index in [1.165, 1.54) is 0 Å². The lowest BCUT2D eigenvalue weighted by Crippen LogP contribution is -2.37. The molecule has 6 heteroatoms. The largest absolute Gasteiger partial charge is 0.439 e. The van der Waals surface area contributed by atoms with Crippen molar-refractivity contribution >= 4 is 0 Å². The first-order valence-corrected chi connectivity index (χ1v) is 8.48. The average Bonchev–Trinajstić information content (AvgIpc) is 3.27. The highest BCUT2D eigenvalue weighted by Gasteiger charge is 2.21. The monoisotopic (exact) mass is 323 g/mol. The van der Waals surface area contributed by atoms with Gasteiger partial charge in [-0.15, -0.1) is 0 Å². The van der Waals surface area contributed by atoms with Crippen LogP contribution in [0.25, 0.3) is 11.3 Å². The van der Waals surface area contributed by atoms with Crippen molar-refractivity contribution in [2.75, 3.05) is 0 Å². The molecule has 1 aliphatic rings. The summed E-state index contributed by atoms with van der Waals surface area (Å²) in [6.45, 7) is 3.57. The molecular formula is C18H21N5O. The Bertz CT molecular complexity index is 808. The van der Waals surface area contributed by atoms with E-state index in [2.05, 4.69) is 27.3 Å². The molecule has 1 aliphatic heterocycles.